The van der Waals surface area contributed by atoms with E-state index in [1.165, 1.54) is 13.2 Å². The number of carbonyl (C=O) groups is 1. The van der Waals surface area contributed by atoms with Crippen LogP contribution < -0.4 is 4.43 Å². The van der Waals surface area contributed by atoms with Crippen molar-refractivity contribution in [3.05, 3.63) is 42.0 Å². The minimum atomic E-state index is -1.91. The number of benzene rings is 1. The summed E-state index contributed by atoms with van der Waals surface area (Å²) in [5.41, 5.74) is 2.81. The minimum Gasteiger partial charge on any atom is -0.543 e. The third-order valence-corrected chi connectivity index (χ3v) is 10.7. The molecule has 0 saturated heterocycles. The summed E-state index contributed by atoms with van der Waals surface area (Å²) in [6.07, 6.45) is 3.98. The highest BCUT2D eigenvalue weighted by atomic mass is 28.4. The highest BCUT2D eigenvalue weighted by Gasteiger charge is 2.46. The third-order valence-electron chi connectivity index (χ3n) is 4.73. The maximum atomic E-state index is 11.1. The lowest BCUT2D eigenvalue weighted by Crippen LogP contribution is -2.50. The number of ether oxygens (including phenoxy) is 1. The summed E-state index contributed by atoms with van der Waals surface area (Å²) in [5, 5.41) is 0. The first-order valence-electron chi connectivity index (χ1n) is 8.76. The molecule has 1 aromatic rings. The Morgan fingerprint density at radius 2 is 1.50 bits per heavy atom. The topological polar surface area (TPSA) is 35.5 Å². The molecule has 0 atom stereocenters. The van der Waals surface area contributed by atoms with Gasteiger partial charge in [0, 0.05) is 6.08 Å². The average Bonchev–Trinajstić information content (AvgIpc) is 2.52. The van der Waals surface area contributed by atoms with Crippen LogP contribution in [0, 0.1) is 0 Å². The molecule has 3 nitrogen and oxygen atoms in total. The van der Waals surface area contributed by atoms with Crippen LogP contribution in [0.25, 0.3) is 0 Å². The first kappa shape index (κ1) is 20.5. The smallest absolute Gasteiger partial charge is 0.330 e. The number of hydrogen-bond donors (Lipinski definition) is 0. The van der Waals surface area contributed by atoms with E-state index in [2.05, 4.69) is 70.5 Å². The molecule has 0 spiro atoms. The van der Waals surface area contributed by atoms with Gasteiger partial charge in [-0.25, -0.2) is 4.79 Å². The van der Waals surface area contributed by atoms with Gasteiger partial charge in [-0.3, -0.25) is 0 Å². The Hall–Kier alpha value is -1.55. The van der Waals surface area contributed by atoms with Crippen LogP contribution in [0.1, 0.15) is 47.1 Å². The van der Waals surface area contributed by atoms with E-state index in [1.54, 1.807) is 0 Å². The van der Waals surface area contributed by atoms with Crippen LogP contribution in [-0.4, -0.2) is 21.4 Å². The summed E-state index contributed by atoms with van der Waals surface area (Å²) in [4.78, 5) is 11.1. The number of esters is 1. The largest absolute Gasteiger partial charge is 0.543 e. The third kappa shape index (κ3) is 4.97. The minimum absolute atomic E-state index is 0.323. The van der Waals surface area contributed by atoms with Crippen LogP contribution in [0.15, 0.2) is 36.4 Å². The molecule has 0 bridgehead atoms. The average molecular weight is 349 g/mol. The Morgan fingerprint density at radius 3 is 1.92 bits per heavy atom. The van der Waals surface area contributed by atoms with Gasteiger partial charge in [0.25, 0.3) is 8.32 Å². The Bertz CT molecular complexity index is 523. The molecule has 0 amide bonds. The van der Waals surface area contributed by atoms with Crippen LogP contribution >= 0.6 is 0 Å². The zero-order valence-corrected chi connectivity index (χ0v) is 17.1. The van der Waals surface area contributed by atoms with Crippen molar-refractivity contribution in [3.63, 3.8) is 0 Å². The Labute approximate surface area is 148 Å². The molecule has 24 heavy (non-hydrogen) atoms. The summed E-state index contributed by atoms with van der Waals surface area (Å²) >= 11 is 0. The van der Waals surface area contributed by atoms with Crippen molar-refractivity contribution in [1.82, 2.24) is 0 Å². The molecule has 0 aliphatic heterocycles. The fourth-order valence-electron chi connectivity index (χ4n) is 3.61. The maximum absolute atomic E-state index is 11.1. The second-order valence-electron chi connectivity index (χ2n) is 7.19. The SMILES string of the molecule is COC(=O)/C=C/Cc1ccc(O[Si](C(C)C)(C(C)C)C(C)C)cc1. The molecule has 0 saturated carbocycles. The predicted octanol–water partition coefficient (Wildman–Crippen LogP) is 5.51. The molecule has 0 radical (unpaired) electrons. The van der Waals surface area contributed by atoms with Gasteiger partial charge in [0.1, 0.15) is 5.75 Å². The quantitative estimate of drug-likeness (QED) is 0.353. The molecule has 0 N–H and O–H groups in total. The molecule has 0 fully saturated rings. The standard InChI is InChI=1S/C20H32O3Si/c1-15(2)24(16(3)4,17(5)6)23-19-13-11-18(12-14-19)9-8-10-20(21)22-7/h8,10-17H,9H2,1-7H3/b10-8+. The molecule has 0 unspecified atom stereocenters. The van der Waals surface area contributed by atoms with Crippen molar-refractivity contribution < 1.29 is 14.0 Å². The molecule has 0 aromatic heterocycles. The maximum Gasteiger partial charge on any atom is 0.330 e. The van der Waals surface area contributed by atoms with E-state index >= 15 is 0 Å². The summed E-state index contributed by atoms with van der Waals surface area (Å²) < 4.78 is 11.2. The van der Waals surface area contributed by atoms with Gasteiger partial charge in [-0.1, -0.05) is 59.8 Å². The molecule has 4 heteroatoms. The number of rotatable bonds is 8. The van der Waals surface area contributed by atoms with Gasteiger partial charge < -0.3 is 9.16 Å². The zero-order valence-electron chi connectivity index (χ0n) is 16.1. The van der Waals surface area contributed by atoms with Crippen LogP contribution in [-0.2, 0) is 16.0 Å². The van der Waals surface area contributed by atoms with Crippen molar-refractivity contribution in [2.75, 3.05) is 7.11 Å². The monoisotopic (exact) mass is 348 g/mol. The molecule has 0 aliphatic carbocycles. The highest BCUT2D eigenvalue weighted by molar-refractivity contribution is 6.78. The highest BCUT2D eigenvalue weighted by Crippen LogP contribution is 2.42. The van der Waals surface area contributed by atoms with Crippen molar-refractivity contribution in [3.8, 4) is 5.75 Å². The lowest BCUT2D eigenvalue weighted by atomic mass is 10.1. The van der Waals surface area contributed by atoms with Crippen LogP contribution in [0.3, 0.4) is 0 Å². The lowest BCUT2D eigenvalue weighted by molar-refractivity contribution is -0.134. The number of carbonyl (C=O) groups excluding carboxylic acids is 1. The van der Waals surface area contributed by atoms with Gasteiger partial charge in [-0.15, -0.1) is 0 Å². The fraction of sp³-hybridized carbons (Fsp3) is 0.550. The summed E-state index contributed by atoms with van der Waals surface area (Å²) in [6, 6.07) is 8.24. The molecule has 0 heterocycles. The van der Waals surface area contributed by atoms with E-state index in [9.17, 15) is 4.79 Å². The summed E-state index contributed by atoms with van der Waals surface area (Å²) in [5.74, 6) is 0.634. The van der Waals surface area contributed by atoms with Crippen molar-refractivity contribution in [2.45, 2.75) is 64.6 Å². The van der Waals surface area contributed by atoms with Gasteiger partial charge in [0.15, 0.2) is 0 Å². The lowest BCUT2D eigenvalue weighted by Gasteiger charge is -2.42. The number of methoxy groups -OCH3 is 1. The molecule has 134 valence electrons. The molecule has 1 aromatic carbocycles. The van der Waals surface area contributed by atoms with Crippen molar-refractivity contribution in [2.24, 2.45) is 0 Å². The van der Waals surface area contributed by atoms with E-state index < -0.39 is 8.32 Å². The first-order valence-corrected chi connectivity index (χ1v) is 10.9. The van der Waals surface area contributed by atoms with Crippen molar-refractivity contribution in [1.29, 1.82) is 0 Å². The molecule has 0 aliphatic rings. The molecular weight excluding hydrogens is 316 g/mol. The molecule has 1 rings (SSSR count). The fourth-order valence-corrected chi connectivity index (χ4v) is 8.86. The second-order valence-corrected chi connectivity index (χ2v) is 12.6. The summed E-state index contributed by atoms with van der Waals surface area (Å²) in [6.45, 7) is 13.7. The Morgan fingerprint density at radius 1 is 1.00 bits per heavy atom. The first-order chi connectivity index (χ1) is 11.2. The van der Waals surface area contributed by atoms with Gasteiger partial charge in [0.2, 0.25) is 0 Å². The normalized spacial score (nSPS) is 12.4. The van der Waals surface area contributed by atoms with Gasteiger partial charge in [-0.05, 0) is 40.7 Å². The predicted molar refractivity (Wildman–Crippen MR) is 103 cm³/mol. The number of allylic oxidation sites excluding steroid dienone is 1. The van der Waals surface area contributed by atoms with E-state index in [0.717, 1.165) is 11.3 Å². The Kier molecular flexibility index (Phi) is 7.74. The van der Waals surface area contributed by atoms with Gasteiger partial charge in [-0.2, -0.15) is 0 Å². The summed E-state index contributed by atoms with van der Waals surface area (Å²) in [7, 11) is -0.524. The van der Waals surface area contributed by atoms with E-state index in [0.29, 0.717) is 23.0 Å². The van der Waals surface area contributed by atoms with E-state index in [1.807, 2.05) is 6.08 Å². The second kappa shape index (κ2) is 9.07. The molecular formula is C20H32O3Si. The van der Waals surface area contributed by atoms with Crippen LogP contribution in [0.4, 0.5) is 0 Å². The number of hydrogen-bond acceptors (Lipinski definition) is 3. The van der Waals surface area contributed by atoms with Gasteiger partial charge in [0.05, 0.1) is 7.11 Å². The van der Waals surface area contributed by atoms with Crippen LogP contribution in [0.5, 0.6) is 5.75 Å². The van der Waals surface area contributed by atoms with E-state index in [-0.39, 0.29) is 5.97 Å². The van der Waals surface area contributed by atoms with Gasteiger partial charge >= 0.3 is 5.97 Å². The van der Waals surface area contributed by atoms with Crippen LogP contribution in [0.2, 0.25) is 16.6 Å². The zero-order chi connectivity index (χ0) is 18.3. The van der Waals surface area contributed by atoms with E-state index in [4.69, 9.17) is 4.43 Å². The Balaban J connectivity index is 2.88. The van der Waals surface area contributed by atoms with Crippen molar-refractivity contribution >= 4 is 14.3 Å².